The van der Waals surface area contributed by atoms with E-state index in [1.807, 2.05) is 31.2 Å². The predicted octanol–water partition coefficient (Wildman–Crippen LogP) is 3.16. The van der Waals surface area contributed by atoms with Crippen molar-refractivity contribution in [2.75, 3.05) is 7.11 Å². The average molecular weight is 299 g/mol. The largest absolute Gasteiger partial charge is 0.495 e. The summed E-state index contributed by atoms with van der Waals surface area (Å²) in [5.74, 6) is 0.925. The number of pyridine rings is 1. The monoisotopic (exact) mass is 299 g/mol. The fraction of sp³-hybridized carbons (Fsp3) is 0.182. The van der Waals surface area contributed by atoms with Crippen LogP contribution in [-0.2, 0) is 0 Å². The highest BCUT2D eigenvalue weighted by Gasteiger charge is 2.09. The lowest BCUT2D eigenvalue weighted by Crippen LogP contribution is -1.94. The molecule has 0 N–H and O–H groups in total. The molecule has 0 amide bonds. The normalized spacial score (nSPS) is 10.5. The number of aromatic nitrogens is 1. The number of fused-ring (bicyclic) bond motifs is 1. The highest BCUT2D eigenvalue weighted by molar-refractivity contribution is 14.1. The number of hydrogen-bond acceptors (Lipinski definition) is 2. The first-order valence-corrected chi connectivity index (χ1v) is 5.40. The van der Waals surface area contributed by atoms with Gasteiger partial charge in [0.2, 0.25) is 0 Å². The van der Waals surface area contributed by atoms with E-state index < -0.39 is 0 Å². The van der Waals surface area contributed by atoms with Crippen LogP contribution in [0.25, 0.3) is 10.9 Å². The summed E-state index contributed by atoms with van der Waals surface area (Å²) in [6, 6.07) is 8.02. The van der Waals surface area contributed by atoms with Crippen LogP contribution < -0.4 is 4.74 Å². The van der Waals surface area contributed by atoms with E-state index in [1.165, 1.54) is 0 Å². The van der Waals surface area contributed by atoms with Crippen LogP contribution in [0.5, 0.6) is 5.75 Å². The van der Waals surface area contributed by atoms with Gasteiger partial charge in [0.1, 0.15) is 5.75 Å². The molecule has 0 aliphatic rings. The predicted molar refractivity (Wildman–Crippen MR) is 65.7 cm³/mol. The molecule has 0 aliphatic heterocycles. The molecule has 1 aromatic carbocycles. The van der Waals surface area contributed by atoms with Gasteiger partial charge in [-0.1, -0.05) is 12.1 Å². The number of aryl methyl sites for hydroxylation is 1. The first-order valence-electron chi connectivity index (χ1n) is 4.33. The van der Waals surface area contributed by atoms with Crippen molar-refractivity contribution in [3.8, 4) is 5.75 Å². The molecule has 0 bridgehead atoms. The van der Waals surface area contributed by atoms with Crippen molar-refractivity contribution in [3.05, 3.63) is 33.5 Å². The Morgan fingerprint density at radius 2 is 2.00 bits per heavy atom. The summed E-state index contributed by atoms with van der Waals surface area (Å²) in [5.41, 5.74) is 2.00. The number of nitrogens with zero attached hydrogens (tertiary/aromatic N) is 1. The van der Waals surface area contributed by atoms with Crippen molar-refractivity contribution in [1.82, 2.24) is 4.98 Å². The maximum atomic E-state index is 5.39. The van der Waals surface area contributed by atoms with Gasteiger partial charge < -0.3 is 4.74 Å². The fourth-order valence-electron chi connectivity index (χ4n) is 1.48. The van der Waals surface area contributed by atoms with Gasteiger partial charge >= 0.3 is 0 Å². The molecule has 1 aromatic heterocycles. The molecule has 72 valence electrons. The van der Waals surface area contributed by atoms with E-state index in [9.17, 15) is 0 Å². The molecule has 0 fully saturated rings. The van der Waals surface area contributed by atoms with E-state index in [1.54, 1.807) is 7.11 Å². The van der Waals surface area contributed by atoms with Crippen molar-refractivity contribution in [1.29, 1.82) is 0 Å². The summed E-state index contributed by atoms with van der Waals surface area (Å²) in [6.45, 7) is 2.00. The Morgan fingerprint density at radius 1 is 1.29 bits per heavy atom. The Balaban J connectivity index is 2.89. The number of methoxy groups -OCH3 is 1. The van der Waals surface area contributed by atoms with Crippen molar-refractivity contribution < 1.29 is 4.74 Å². The number of ether oxygens (including phenoxy) is 1. The molecule has 0 atom stereocenters. The van der Waals surface area contributed by atoms with Crippen LogP contribution in [0.1, 0.15) is 5.69 Å². The number of halogens is 1. The summed E-state index contributed by atoms with van der Waals surface area (Å²) in [6.07, 6.45) is 0. The van der Waals surface area contributed by atoms with Crippen LogP contribution in [0.15, 0.2) is 24.3 Å². The van der Waals surface area contributed by atoms with E-state index in [0.717, 1.165) is 25.9 Å². The molecule has 0 saturated carbocycles. The third-order valence-electron chi connectivity index (χ3n) is 2.16. The molecule has 0 aliphatic carbocycles. The minimum absolute atomic E-state index is 0.925. The van der Waals surface area contributed by atoms with Gasteiger partial charge in [0.15, 0.2) is 0 Å². The SMILES string of the molecule is COc1c(I)c(C)nc2ccccc12. The number of rotatable bonds is 1. The summed E-state index contributed by atoms with van der Waals surface area (Å²) in [5, 5.41) is 1.07. The third-order valence-corrected chi connectivity index (χ3v) is 3.43. The number of para-hydroxylation sites is 1. The Morgan fingerprint density at radius 3 is 2.71 bits per heavy atom. The first kappa shape index (κ1) is 9.71. The minimum atomic E-state index is 0.925. The van der Waals surface area contributed by atoms with Crippen molar-refractivity contribution in [2.24, 2.45) is 0 Å². The van der Waals surface area contributed by atoms with Gasteiger partial charge in [0.05, 0.1) is 21.9 Å². The van der Waals surface area contributed by atoms with E-state index >= 15 is 0 Å². The second-order valence-corrected chi connectivity index (χ2v) is 4.14. The van der Waals surface area contributed by atoms with Crippen LogP contribution in [0.3, 0.4) is 0 Å². The molecule has 2 rings (SSSR count). The molecule has 0 spiro atoms. The van der Waals surface area contributed by atoms with Gasteiger partial charge in [-0.2, -0.15) is 0 Å². The second-order valence-electron chi connectivity index (χ2n) is 3.06. The van der Waals surface area contributed by atoms with Gasteiger partial charge in [-0.15, -0.1) is 0 Å². The van der Waals surface area contributed by atoms with Crippen LogP contribution >= 0.6 is 22.6 Å². The Hall–Kier alpha value is -0.840. The molecule has 0 unspecified atom stereocenters. The van der Waals surface area contributed by atoms with Crippen LogP contribution in [0.2, 0.25) is 0 Å². The van der Waals surface area contributed by atoms with Gasteiger partial charge in [0.25, 0.3) is 0 Å². The van der Waals surface area contributed by atoms with E-state index in [2.05, 4.69) is 27.6 Å². The lowest BCUT2D eigenvalue weighted by atomic mass is 10.2. The van der Waals surface area contributed by atoms with Gasteiger partial charge in [-0.25, -0.2) is 0 Å². The van der Waals surface area contributed by atoms with Crippen molar-refractivity contribution in [2.45, 2.75) is 6.92 Å². The third kappa shape index (κ3) is 1.45. The number of benzene rings is 1. The lowest BCUT2D eigenvalue weighted by molar-refractivity contribution is 0.416. The Bertz CT molecular complexity index is 482. The van der Waals surface area contributed by atoms with Crippen LogP contribution in [0.4, 0.5) is 0 Å². The van der Waals surface area contributed by atoms with Crippen LogP contribution in [0, 0.1) is 10.5 Å². The molecular weight excluding hydrogens is 289 g/mol. The first-order chi connectivity index (χ1) is 6.74. The van der Waals surface area contributed by atoms with E-state index in [0.29, 0.717) is 0 Å². The molecular formula is C11H10INO. The maximum absolute atomic E-state index is 5.39. The summed E-state index contributed by atoms with van der Waals surface area (Å²) >= 11 is 2.27. The van der Waals surface area contributed by atoms with Crippen molar-refractivity contribution >= 4 is 33.5 Å². The quantitative estimate of drug-likeness (QED) is 0.755. The average Bonchev–Trinajstić information content (AvgIpc) is 2.20. The Kier molecular flexibility index (Phi) is 2.58. The minimum Gasteiger partial charge on any atom is -0.495 e. The zero-order chi connectivity index (χ0) is 10.1. The Labute approximate surface area is 96.4 Å². The maximum Gasteiger partial charge on any atom is 0.143 e. The highest BCUT2D eigenvalue weighted by atomic mass is 127. The summed E-state index contributed by atoms with van der Waals surface area (Å²) in [4.78, 5) is 4.50. The van der Waals surface area contributed by atoms with Crippen LogP contribution in [-0.4, -0.2) is 12.1 Å². The topological polar surface area (TPSA) is 22.1 Å². The fourth-order valence-corrected chi connectivity index (χ4v) is 2.11. The zero-order valence-electron chi connectivity index (χ0n) is 8.04. The number of hydrogen-bond donors (Lipinski definition) is 0. The van der Waals surface area contributed by atoms with Gasteiger partial charge in [-0.05, 0) is 41.6 Å². The molecule has 2 nitrogen and oxygen atoms in total. The smallest absolute Gasteiger partial charge is 0.143 e. The molecule has 1 heterocycles. The standard InChI is InChI=1S/C11H10INO/c1-7-10(12)11(14-2)8-5-3-4-6-9(8)13-7/h3-6H,1-2H3. The van der Waals surface area contributed by atoms with E-state index in [4.69, 9.17) is 4.74 Å². The van der Waals surface area contributed by atoms with Crippen molar-refractivity contribution in [3.63, 3.8) is 0 Å². The molecule has 14 heavy (non-hydrogen) atoms. The summed E-state index contributed by atoms with van der Waals surface area (Å²) < 4.78 is 6.48. The lowest BCUT2D eigenvalue weighted by Gasteiger charge is -2.09. The van der Waals surface area contributed by atoms with E-state index in [-0.39, 0.29) is 0 Å². The summed E-state index contributed by atoms with van der Waals surface area (Å²) in [7, 11) is 1.70. The van der Waals surface area contributed by atoms with Gasteiger partial charge in [0, 0.05) is 5.39 Å². The second kappa shape index (κ2) is 3.73. The molecule has 0 radical (unpaired) electrons. The highest BCUT2D eigenvalue weighted by Crippen LogP contribution is 2.31. The zero-order valence-corrected chi connectivity index (χ0v) is 10.2. The molecule has 2 aromatic rings. The molecule has 3 heteroatoms. The van der Waals surface area contributed by atoms with Gasteiger partial charge in [-0.3, -0.25) is 4.98 Å². The molecule has 0 saturated heterocycles.